The van der Waals surface area contributed by atoms with Crippen LogP contribution >= 0.6 is 23.4 Å². The minimum atomic E-state index is 0.568. The number of anilines is 1. The SMILES string of the molecule is CCSC1CCCC1Nc1ccc(Cl)cn1. The summed E-state index contributed by atoms with van der Waals surface area (Å²) in [6.07, 6.45) is 5.59. The van der Waals surface area contributed by atoms with Crippen molar-refractivity contribution in [1.82, 2.24) is 4.98 Å². The predicted molar refractivity (Wildman–Crippen MR) is 72.4 cm³/mol. The van der Waals surface area contributed by atoms with Gasteiger partial charge in [0, 0.05) is 17.5 Å². The van der Waals surface area contributed by atoms with Crippen LogP contribution in [-0.2, 0) is 0 Å². The number of thioether (sulfide) groups is 1. The topological polar surface area (TPSA) is 24.9 Å². The average molecular weight is 257 g/mol. The third-order valence-corrected chi connectivity index (χ3v) is 4.44. The van der Waals surface area contributed by atoms with Crippen LogP contribution in [0.25, 0.3) is 0 Å². The zero-order valence-corrected chi connectivity index (χ0v) is 11.0. The average Bonchev–Trinajstić information content (AvgIpc) is 2.70. The van der Waals surface area contributed by atoms with Gasteiger partial charge in [0.25, 0.3) is 0 Å². The summed E-state index contributed by atoms with van der Waals surface area (Å²) in [6, 6.07) is 4.40. The first-order valence-electron chi connectivity index (χ1n) is 5.79. The first-order chi connectivity index (χ1) is 7.79. The molecule has 0 aliphatic heterocycles. The van der Waals surface area contributed by atoms with Crippen molar-refractivity contribution < 1.29 is 0 Å². The van der Waals surface area contributed by atoms with Gasteiger partial charge in [-0.05, 0) is 30.7 Å². The molecule has 2 unspecified atom stereocenters. The molecule has 16 heavy (non-hydrogen) atoms. The van der Waals surface area contributed by atoms with Crippen molar-refractivity contribution in [1.29, 1.82) is 0 Å². The van der Waals surface area contributed by atoms with E-state index in [1.807, 2.05) is 12.1 Å². The fourth-order valence-electron chi connectivity index (χ4n) is 2.16. The maximum Gasteiger partial charge on any atom is 0.126 e. The molecule has 1 saturated carbocycles. The Kier molecular flexibility index (Phi) is 4.36. The van der Waals surface area contributed by atoms with E-state index in [0.717, 1.165) is 11.1 Å². The maximum atomic E-state index is 5.81. The summed E-state index contributed by atoms with van der Waals surface area (Å²) >= 11 is 7.87. The van der Waals surface area contributed by atoms with Crippen LogP contribution in [0.1, 0.15) is 26.2 Å². The van der Waals surface area contributed by atoms with Crippen molar-refractivity contribution in [2.45, 2.75) is 37.5 Å². The van der Waals surface area contributed by atoms with E-state index in [-0.39, 0.29) is 0 Å². The van der Waals surface area contributed by atoms with Crippen molar-refractivity contribution in [3.63, 3.8) is 0 Å². The summed E-state index contributed by atoms with van der Waals surface area (Å²) in [7, 11) is 0. The normalized spacial score (nSPS) is 24.6. The van der Waals surface area contributed by atoms with E-state index >= 15 is 0 Å². The highest BCUT2D eigenvalue weighted by Crippen LogP contribution is 2.31. The van der Waals surface area contributed by atoms with Gasteiger partial charge in [-0.3, -0.25) is 0 Å². The Morgan fingerprint density at radius 2 is 2.38 bits per heavy atom. The van der Waals surface area contributed by atoms with Crippen molar-refractivity contribution in [3.05, 3.63) is 23.4 Å². The number of hydrogen-bond donors (Lipinski definition) is 1. The first kappa shape index (κ1) is 12.1. The van der Waals surface area contributed by atoms with Crippen LogP contribution in [0.2, 0.25) is 5.02 Å². The molecule has 0 aromatic carbocycles. The van der Waals surface area contributed by atoms with Crippen LogP contribution in [0.4, 0.5) is 5.82 Å². The Balaban J connectivity index is 1.95. The minimum absolute atomic E-state index is 0.568. The van der Waals surface area contributed by atoms with Gasteiger partial charge in [-0.1, -0.05) is 24.9 Å². The van der Waals surface area contributed by atoms with E-state index in [1.54, 1.807) is 6.20 Å². The zero-order valence-electron chi connectivity index (χ0n) is 9.45. The molecule has 2 rings (SSSR count). The molecule has 1 aromatic heterocycles. The molecule has 0 bridgehead atoms. The molecule has 0 spiro atoms. The van der Waals surface area contributed by atoms with E-state index in [1.165, 1.54) is 25.0 Å². The van der Waals surface area contributed by atoms with Gasteiger partial charge >= 0.3 is 0 Å². The molecule has 1 heterocycles. The zero-order chi connectivity index (χ0) is 11.4. The molecule has 0 amide bonds. The van der Waals surface area contributed by atoms with Crippen molar-refractivity contribution in [2.24, 2.45) is 0 Å². The van der Waals surface area contributed by atoms with Gasteiger partial charge in [0.15, 0.2) is 0 Å². The standard InChI is InChI=1S/C12H17ClN2S/c1-2-16-11-5-3-4-10(11)15-12-7-6-9(13)8-14-12/h6-8,10-11H,2-5H2,1H3,(H,14,15). The predicted octanol–water partition coefficient (Wildman–Crippen LogP) is 3.82. The number of rotatable bonds is 4. The number of hydrogen-bond acceptors (Lipinski definition) is 3. The Morgan fingerprint density at radius 1 is 1.50 bits per heavy atom. The minimum Gasteiger partial charge on any atom is -0.366 e. The van der Waals surface area contributed by atoms with Crippen LogP contribution in [-0.4, -0.2) is 22.0 Å². The molecule has 2 atom stereocenters. The van der Waals surface area contributed by atoms with Gasteiger partial charge in [0.2, 0.25) is 0 Å². The third-order valence-electron chi connectivity index (χ3n) is 2.89. The molecule has 4 heteroatoms. The lowest BCUT2D eigenvalue weighted by atomic mass is 10.2. The number of pyridine rings is 1. The van der Waals surface area contributed by atoms with Crippen LogP contribution in [0.15, 0.2) is 18.3 Å². The molecule has 2 nitrogen and oxygen atoms in total. The summed E-state index contributed by atoms with van der Waals surface area (Å²) in [4.78, 5) is 4.28. The first-order valence-corrected chi connectivity index (χ1v) is 7.22. The second-order valence-corrected chi connectivity index (χ2v) is 5.99. The van der Waals surface area contributed by atoms with E-state index < -0.39 is 0 Å². The summed E-state index contributed by atoms with van der Waals surface area (Å²) in [5.41, 5.74) is 0. The summed E-state index contributed by atoms with van der Waals surface area (Å²) in [6.45, 7) is 2.22. The Labute approximate surface area is 106 Å². The summed E-state index contributed by atoms with van der Waals surface area (Å²) in [5, 5.41) is 4.94. The molecule has 1 fully saturated rings. The van der Waals surface area contributed by atoms with Gasteiger partial charge in [-0.2, -0.15) is 11.8 Å². The van der Waals surface area contributed by atoms with Gasteiger partial charge in [-0.25, -0.2) is 4.98 Å². The molecule has 0 radical (unpaired) electrons. The molecule has 1 aromatic rings. The molecule has 0 saturated heterocycles. The number of halogens is 1. The number of nitrogens with zero attached hydrogens (tertiary/aromatic N) is 1. The molecular formula is C12H17ClN2S. The van der Waals surface area contributed by atoms with Crippen LogP contribution in [0.3, 0.4) is 0 Å². The molecular weight excluding hydrogens is 240 g/mol. The highest BCUT2D eigenvalue weighted by atomic mass is 35.5. The third kappa shape index (κ3) is 3.05. The van der Waals surface area contributed by atoms with Crippen LogP contribution in [0.5, 0.6) is 0 Å². The molecule has 88 valence electrons. The Hall–Kier alpha value is -0.410. The fourth-order valence-corrected chi connectivity index (χ4v) is 3.47. The smallest absolute Gasteiger partial charge is 0.126 e. The van der Waals surface area contributed by atoms with Crippen molar-refractivity contribution in [2.75, 3.05) is 11.1 Å². The van der Waals surface area contributed by atoms with Gasteiger partial charge in [0.1, 0.15) is 5.82 Å². The Bertz CT molecular complexity index is 328. The molecule has 1 aliphatic carbocycles. The lowest BCUT2D eigenvalue weighted by Gasteiger charge is -2.20. The fraction of sp³-hybridized carbons (Fsp3) is 0.583. The summed E-state index contributed by atoms with van der Waals surface area (Å²) in [5.74, 6) is 2.13. The van der Waals surface area contributed by atoms with Crippen molar-refractivity contribution in [3.8, 4) is 0 Å². The van der Waals surface area contributed by atoms with E-state index in [4.69, 9.17) is 11.6 Å². The quantitative estimate of drug-likeness (QED) is 0.887. The van der Waals surface area contributed by atoms with E-state index in [2.05, 4.69) is 29.0 Å². The van der Waals surface area contributed by atoms with Crippen molar-refractivity contribution >= 4 is 29.2 Å². The Morgan fingerprint density at radius 3 is 3.06 bits per heavy atom. The highest BCUT2D eigenvalue weighted by molar-refractivity contribution is 7.99. The van der Waals surface area contributed by atoms with Gasteiger partial charge in [-0.15, -0.1) is 0 Å². The van der Waals surface area contributed by atoms with E-state index in [9.17, 15) is 0 Å². The largest absolute Gasteiger partial charge is 0.366 e. The van der Waals surface area contributed by atoms with Crippen LogP contribution in [0, 0.1) is 0 Å². The maximum absolute atomic E-state index is 5.81. The lowest BCUT2D eigenvalue weighted by Crippen LogP contribution is -2.26. The molecule has 1 N–H and O–H groups in total. The highest BCUT2D eigenvalue weighted by Gasteiger charge is 2.27. The number of nitrogens with one attached hydrogen (secondary N) is 1. The molecule has 1 aliphatic rings. The second-order valence-electron chi connectivity index (χ2n) is 4.04. The second kappa shape index (κ2) is 5.78. The van der Waals surface area contributed by atoms with Gasteiger partial charge in [0.05, 0.1) is 5.02 Å². The number of aromatic nitrogens is 1. The van der Waals surface area contributed by atoms with Gasteiger partial charge < -0.3 is 5.32 Å². The van der Waals surface area contributed by atoms with Crippen LogP contribution < -0.4 is 5.32 Å². The summed E-state index contributed by atoms with van der Waals surface area (Å²) < 4.78 is 0. The monoisotopic (exact) mass is 256 g/mol. The van der Waals surface area contributed by atoms with E-state index in [0.29, 0.717) is 11.1 Å². The lowest BCUT2D eigenvalue weighted by molar-refractivity contribution is 0.762.